The number of nitrogens with zero attached hydrogens (tertiary/aromatic N) is 1. The molecule has 0 aromatic rings. The monoisotopic (exact) mass is 237 g/mol. The Balaban J connectivity index is 1.68. The Morgan fingerprint density at radius 2 is 1.65 bits per heavy atom. The van der Waals surface area contributed by atoms with Gasteiger partial charge in [0, 0.05) is 18.6 Å². The van der Waals surface area contributed by atoms with Crippen molar-refractivity contribution in [3.05, 3.63) is 0 Å². The molecule has 3 fully saturated rings. The molecule has 2 saturated carbocycles. The summed E-state index contributed by atoms with van der Waals surface area (Å²) < 4.78 is 0. The van der Waals surface area contributed by atoms with Crippen LogP contribution in [-0.2, 0) is 0 Å². The molecule has 3 rings (SSSR count). The summed E-state index contributed by atoms with van der Waals surface area (Å²) in [6.07, 6.45) is 11.7. The van der Waals surface area contributed by atoms with Crippen molar-refractivity contribution in [1.29, 1.82) is 0 Å². The molecular weight excluding hydrogens is 210 g/mol. The van der Waals surface area contributed by atoms with Gasteiger partial charge in [-0.05, 0) is 44.9 Å². The summed E-state index contributed by atoms with van der Waals surface area (Å²) in [4.78, 5) is 2.59. The molecule has 2 nitrogen and oxygen atoms in total. The van der Waals surface area contributed by atoms with E-state index < -0.39 is 0 Å². The second-order valence-electron chi connectivity index (χ2n) is 6.75. The molecule has 0 aromatic heterocycles. The average molecular weight is 237 g/mol. The highest BCUT2D eigenvalue weighted by molar-refractivity contribution is 5.03. The van der Waals surface area contributed by atoms with Crippen LogP contribution in [0.2, 0.25) is 0 Å². The average Bonchev–Trinajstić information content (AvgIpc) is 3.10. The first-order valence-corrected chi connectivity index (χ1v) is 7.67. The van der Waals surface area contributed by atoms with Crippen molar-refractivity contribution in [1.82, 2.24) is 4.90 Å². The predicted octanol–water partition coefficient (Wildman–Crippen LogP) is 2.94. The molecular formula is C15H27NO. The normalized spacial score (nSPS) is 41.6. The molecule has 1 N–H and O–H groups in total. The van der Waals surface area contributed by atoms with Gasteiger partial charge in [0.15, 0.2) is 0 Å². The molecule has 0 bridgehead atoms. The van der Waals surface area contributed by atoms with Gasteiger partial charge in [0.25, 0.3) is 0 Å². The molecule has 0 radical (unpaired) electrons. The molecule has 1 heterocycles. The van der Waals surface area contributed by atoms with E-state index in [4.69, 9.17) is 0 Å². The van der Waals surface area contributed by atoms with Crippen LogP contribution in [0.4, 0.5) is 0 Å². The van der Waals surface area contributed by atoms with Gasteiger partial charge in [-0.15, -0.1) is 0 Å². The minimum Gasteiger partial charge on any atom is -0.388 e. The predicted molar refractivity (Wildman–Crippen MR) is 69.9 cm³/mol. The fourth-order valence-electron chi connectivity index (χ4n) is 4.17. The van der Waals surface area contributed by atoms with E-state index in [2.05, 4.69) is 11.8 Å². The van der Waals surface area contributed by atoms with Gasteiger partial charge in [-0.2, -0.15) is 0 Å². The van der Waals surface area contributed by atoms with Crippen molar-refractivity contribution in [3.8, 4) is 0 Å². The Bertz CT molecular complexity index is 268. The Labute approximate surface area is 105 Å². The zero-order valence-electron chi connectivity index (χ0n) is 11.2. The van der Waals surface area contributed by atoms with Gasteiger partial charge >= 0.3 is 0 Å². The van der Waals surface area contributed by atoms with Crippen LogP contribution in [0, 0.1) is 5.92 Å². The third-order valence-electron chi connectivity index (χ3n) is 5.30. The van der Waals surface area contributed by atoms with Crippen molar-refractivity contribution < 1.29 is 5.11 Å². The van der Waals surface area contributed by atoms with Gasteiger partial charge in [-0.25, -0.2) is 0 Å². The number of rotatable bonds is 2. The van der Waals surface area contributed by atoms with Crippen LogP contribution in [-0.4, -0.2) is 34.2 Å². The standard InChI is InChI=1S/C15H27NO/c1-12-10-15(17,11-16(12)14-8-9-14)13-6-4-2-3-5-7-13/h12-14,17H,2-11H2,1H3. The molecule has 17 heavy (non-hydrogen) atoms. The number of β-amino-alcohol motifs (C(OH)–C–C–N with tert-alkyl or cyclic N) is 1. The molecule has 1 saturated heterocycles. The molecule has 0 spiro atoms. The Hall–Kier alpha value is -0.0800. The first-order chi connectivity index (χ1) is 8.19. The minimum atomic E-state index is -0.355. The molecule has 2 heteroatoms. The van der Waals surface area contributed by atoms with Crippen LogP contribution in [0.15, 0.2) is 0 Å². The van der Waals surface area contributed by atoms with Gasteiger partial charge in [0.2, 0.25) is 0 Å². The summed E-state index contributed by atoms with van der Waals surface area (Å²) in [5, 5.41) is 11.0. The van der Waals surface area contributed by atoms with Crippen molar-refractivity contribution >= 4 is 0 Å². The highest BCUT2D eigenvalue weighted by Crippen LogP contribution is 2.43. The maximum Gasteiger partial charge on any atom is 0.0817 e. The van der Waals surface area contributed by atoms with E-state index in [0.717, 1.165) is 19.0 Å². The first kappa shape index (κ1) is 12.0. The fourth-order valence-corrected chi connectivity index (χ4v) is 4.17. The summed E-state index contributed by atoms with van der Waals surface area (Å²) in [5.74, 6) is 0.580. The third-order valence-corrected chi connectivity index (χ3v) is 5.30. The molecule has 0 aromatic carbocycles. The SMILES string of the molecule is CC1CC(O)(C2CCCCCC2)CN1C1CC1. The largest absolute Gasteiger partial charge is 0.388 e. The lowest BCUT2D eigenvalue weighted by Crippen LogP contribution is -2.41. The molecule has 2 unspecified atom stereocenters. The quantitative estimate of drug-likeness (QED) is 0.746. The number of hydrogen-bond donors (Lipinski definition) is 1. The molecule has 0 amide bonds. The molecule has 1 aliphatic heterocycles. The maximum absolute atomic E-state index is 11.0. The summed E-state index contributed by atoms with van der Waals surface area (Å²) in [7, 11) is 0. The van der Waals surface area contributed by atoms with Crippen molar-refractivity contribution in [2.75, 3.05) is 6.54 Å². The van der Waals surface area contributed by atoms with Crippen LogP contribution < -0.4 is 0 Å². The zero-order chi connectivity index (χ0) is 11.9. The molecule has 98 valence electrons. The van der Waals surface area contributed by atoms with Gasteiger partial charge in [0.05, 0.1) is 5.60 Å². The maximum atomic E-state index is 11.0. The molecule has 2 aliphatic carbocycles. The van der Waals surface area contributed by atoms with Gasteiger partial charge < -0.3 is 5.11 Å². The molecule has 3 aliphatic rings. The lowest BCUT2D eigenvalue weighted by molar-refractivity contribution is -0.0160. The Morgan fingerprint density at radius 3 is 2.24 bits per heavy atom. The number of aliphatic hydroxyl groups is 1. The van der Waals surface area contributed by atoms with Crippen LogP contribution in [0.25, 0.3) is 0 Å². The lowest BCUT2D eigenvalue weighted by atomic mass is 9.80. The van der Waals surface area contributed by atoms with Crippen molar-refractivity contribution in [2.24, 2.45) is 5.92 Å². The highest BCUT2D eigenvalue weighted by Gasteiger charge is 2.49. The summed E-state index contributed by atoms with van der Waals surface area (Å²) in [6, 6.07) is 1.42. The van der Waals surface area contributed by atoms with Crippen LogP contribution in [0.1, 0.15) is 64.7 Å². The highest BCUT2D eigenvalue weighted by atomic mass is 16.3. The summed E-state index contributed by atoms with van der Waals surface area (Å²) in [5.41, 5.74) is -0.355. The second-order valence-corrected chi connectivity index (χ2v) is 6.75. The third kappa shape index (κ3) is 2.39. The van der Waals surface area contributed by atoms with Crippen LogP contribution in [0.3, 0.4) is 0 Å². The van der Waals surface area contributed by atoms with Gasteiger partial charge in [-0.3, -0.25) is 4.90 Å². The smallest absolute Gasteiger partial charge is 0.0817 e. The van der Waals surface area contributed by atoms with E-state index in [-0.39, 0.29) is 5.60 Å². The molecule has 2 atom stereocenters. The van der Waals surface area contributed by atoms with Crippen LogP contribution in [0.5, 0.6) is 0 Å². The Morgan fingerprint density at radius 1 is 1.00 bits per heavy atom. The lowest BCUT2D eigenvalue weighted by Gasteiger charge is -2.32. The van der Waals surface area contributed by atoms with E-state index in [9.17, 15) is 5.11 Å². The van der Waals surface area contributed by atoms with Crippen molar-refractivity contribution in [3.63, 3.8) is 0 Å². The second kappa shape index (κ2) is 4.55. The van der Waals surface area contributed by atoms with E-state index in [0.29, 0.717) is 12.0 Å². The van der Waals surface area contributed by atoms with E-state index in [1.54, 1.807) is 0 Å². The van der Waals surface area contributed by atoms with Gasteiger partial charge in [-0.1, -0.05) is 25.7 Å². The zero-order valence-corrected chi connectivity index (χ0v) is 11.2. The van der Waals surface area contributed by atoms with E-state index in [1.807, 2.05) is 0 Å². The number of hydrogen-bond acceptors (Lipinski definition) is 2. The number of likely N-dealkylation sites (tertiary alicyclic amines) is 1. The van der Waals surface area contributed by atoms with Crippen molar-refractivity contribution in [2.45, 2.75) is 82.4 Å². The minimum absolute atomic E-state index is 0.355. The van der Waals surface area contributed by atoms with E-state index >= 15 is 0 Å². The van der Waals surface area contributed by atoms with Crippen LogP contribution >= 0.6 is 0 Å². The topological polar surface area (TPSA) is 23.5 Å². The summed E-state index contributed by atoms with van der Waals surface area (Å²) >= 11 is 0. The summed E-state index contributed by atoms with van der Waals surface area (Å²) in [6.45, 7) is 3.27. The first-order valence-electron chi connectivity index (χ1n) is 7.67. The van der Waals surface area contributed by atoms with Gasteiger partial charge in [0.1, 0.15) is 0 Å². The van der Waals surface area contributed by atoms with E-state index in [1.165, 1.54) is 51.4 Å². The fraction of sp³-hybridized carbons (Fsp3) is 1.00. The Kier molecular flexibility index (Phi) is 3.20.